The summed E-state index contributed by atoms with van der Waals surface area (Å²) in [6.45, 7) is 3.15. The third kappa shape index (κ3) is 3.84. The number of para-hydroxylation sites is 1. The van der Waals surface area contributed by atoms with Gasteiger partial charge in [0.1, 0.15) is 0 Å². The monoisotopic (exact) mass is 326 g/mol. The number of nitrogens with two attached hydrogens (primary N) is 3. The number of carbonyl (C=O) groups is 2. The zero-order valence-corrected chi connectivity index (χ0v) is 13.7. The standard InChI is InChI=1S/C14H14N2.C4H8N2O2/c1-2-16-13-6-4-3-5-11(13)12-9-10(15)7-8-14(12)16;5-3(7)1-2-4(6)8/h3-9H,2,15H2,1H3;1-2H2,(H2,5,7)(H2,6,8). The molecule has 3 aromatic rings. The van der Waals surface area contributed by atoms with E-state index < -0.39 is 11.8 Å². The van der Waals surface area contributed by atoms with Crippen LogP contribution >= 0.6 is 0 Å². The molecule has 0 saturated carbocycles. The maximum Gasteiger partial charge on any atom is 0.217 e. The van der Waals surface area contributed by atoms with Gasteiger partial charge in [0.2, 0.25) is 11.8 Å². The summed E-state index contributed by atoms with van der Waals surface area (Å²) in [6.07, 6.45) is 0.102. The van der Waals surface area contributed by atoms with Crippen molar-refractivity contribution in [1.29, 1.82) is 0 Å². The van der Waals surface area contributed by atoms with E-state index in [0.717, 1.165) is 12.2 Å². The lowest BCUT2D eigenvalue weighted by Gasteiger charge is -2.02. The normalized spacial score (nSPS) is 10.4. The van der Waals surface area contributed by atoms with Gasteiger partial charge in [-0.1, -0.05) is 18.2 Å². The molecule has 6 nitrogen and oxygen atoms in total. The molecule has 1 heterocycles. The molecule has 2 aromatic carbocycles. The molecule has 24 heavy (non-hydrogen) atoms. The first-order valence-electron chi connectivity index (χ1n) is 7.77. The van der Waals surface area contributed by atoms with Crippen LogP contribution in [0.15, 0.2) is 42.5 Å². The number of primary amides is 2. The van der Waals surface area contributed by atoms with Crippen molar-refractivity contribution in [3.05, 3.63) is 42.5 Å². The van der Waals surface area contributed by atoms with Crippen LogP contribution in [0.2, 0.25) is 0 Å². The molecule has 3 rings (SSSR count). The van der Waals surface area contributed by atoms with Crippen molar-refractivity contribution in [2.24, 2.45) is 11.5 Å². The fourth-order valence-electron chi connectivity index (χ4n) is 2.66. The Balaban J connectivity index is 0.000000224. The molecule has 0 aliphatic heterocycles. The third-order valence-corrected chi connectivity index (χ3v) is 3.73. The van der Waals surface area contributed by atoms with Crippen molar-refractivity contribution in [3.8, 4) is 0 Å². The van der Waals surface area contributed by atoms with Crippen LogP contribution in [-0.2, 0) is 16.1 Å². The second-order valence-electron chi connectivity index (χ2n) is 5.47. The lowest BCUT2D eigenvalue weighted by molar-refractivity contribution is -0.123. The second kappa shape index (κ2) is 7.50. The minimum absolute atomic E-state index is 0.0509. The number of aryl methyl sites for hydroxylation is 1. The maximum atomic E-state index is 9.92. The van der Waals surface area contributed by atoms with Gasteiger partial charge >= 0.3 is 0 Å². The van der Waals surface area contributed by atoms with Gasteiger partial charge in [0, 0.05) is 46.9 Å². The Morgan fingerprint density at radius 3 is 2.08 bits per heavy atom. The Labute approximate surface area is 140 Å². The number of amides is 2. The minimum atomic E-state index is -0.496. The summed E-state index contributed by atoms with van der Waals surface area (Å²) in [4.78, 5) is 19.8. The maximum absolute atomic E-state index is 9.92. The highest BCUT2D eigenvalue weighted by atomic mass is 16.2. The Kier molecular flexibility index (Phi) is 5.42. The van der Waals surface area contributed by atoms with Crippen molar-refractivity contribution in [2.75, 3.05) is 5.73 Å². The van der Waals surface area contributed by atoms with Gasteiger partial charge < -0.3 is 21.8 Å². The van der Waals surface area contributed by atoms with E-state index >= 15 is 0 Å². The van der Waals surface area contributed by atoms with Crippen LogP contribution in [0.5, 0.6) is 0 Å². The van der Waals surface area contributed by atoms with Crippen LogP contribution in [0.1, 0.15) is 19.8 Å². The molecule has 0 bridgehead atoms. The molecule has 0 spiro atoms. The number of nitrogen functional groups attached to an aromatic ring is 1. The molecular weight excluding hydrogens is 304 g/mol. The van der Waals surface area contributed by atoms with E-state index in [-0.39, 0.29) is 12.8 Å². The lowest BCUT2D eigenvalue weighted by atomic mass is 10.1. The molecule has 0 saturated heterocycles. The summed E-state index contributed by atoms with van der Waals surface area (Å²) in [5.41, 5.74) is 18.6. The first kappa shape index (κ1) is 17.3. The van der Waals surface area contributed by atoms with Crippen molar-refractivity contribution < 1.29 is 9.59 Å². The van der Waals surface area contributed by atoms with E-state index in [2.05, 4.69) is 47.9 Å². The number of aromatic nitrogens is 1. The van der Waals surface area contributed by atoms with E-state index in [0.29, 0.717) is 0 Å². The fraction of sp³-hybridized carbons (Fsp3) is 0.222. The predicted octanol–water partition coefficient (Wildman–Crippen LogP) is 2.13. The van der Waals surface area contributed by atoms with Crippen molar-refractivity contribution in [1.82, 2.24) is 4.57 Å². The SMILES string of the molecule is CCn1c2ccccc2c2cc(N)ccc21.NC(=O)CCC(N)=O. The van der Waals surface area contributed by atoms with Gasteiger partial charge in [0.05, 0.1) is 0 Å². The second-order valence-corrected chi connectivity index (χ2v) is 5.47. The summed E-state index contributed by atoms with van der Waals surface area (Å²) in [5, 5.41) is 2.53. The van der Waals surface area contributed by atoms with Crippen LogP contribution in [0.4, 0.5) is 5.69 Å². The molecule has 6 N–H and O–H groups in total. The van der Waals surface area contributed by atoms with E-state index in [1.54, 1.807) is 0 Å². The third-order valence-electron chi connectivity index (χ3n) is 3.73. The first-order chi connectivity index (χ1) is 11.4. The Hall–Kier alpha value is -3.02. The molecular formula is C18H22N4O2. The van der Waals surface area contributed by atoms with Crippen molar-refractivity contribution >= 4 is 39.3 Å². The molecule has 6 heteroatoms. The molecule has 0 aliphatic rings. The van der Waals surface area contributed by atoms with Gasteiger partial charge in [-0.15, -0.1) is 0 Å². The van der Waals surface area contributed by atoms with Crippen LogP contribution < -0.4 is 17.2 Å². The van der Waals surface area contributed by atoms with Crippen molar-refractivity contribution in [2.45, 2.75) is 26.3 Å². The van der Waals surface area contributed by atoms with Gasteiger partial charge in [-0.05, 0) is 31.2 Å². The van der Waals surface area contributed by atoms with Crippen LogP contribution in [-0.4, -0.2) is 16.4 Å². The number of benzene rings is 2. The molecule has 0 radical (unpaired) electrons. The van der Waals surface area contributed by atoms with Gasteiger partial charge in [-0.3, -0.25) is 9.59 Å². The number of anilines is 1. The topological polar surface area (TPSA) is 117 Å². The number of fused-ring (bicyclic) bond motifs is 3. The minimum Gasteiger partial charge on any atom is -0.399 e. The van der Waals surface area contributed by atoms with E-state index in [1.807, 2.05) is 6.07 Å². The average Bonchev–Trinajstić information content (AvgIpc) is 2.86. The number of rotatable bonds is 4. The van der Waals surface area contributed by atoms with Crippen LogP contribution in [0, 0.1) is 0 Å². The van der Waals surface area contributed by atoms with E-state index in [9.17, 15) is 9.59 Å². The Bertz CT molecular complexity index is 869. The lowest BCUT2D eigenvalue weighted by Crippen LogP contribution is -2.16. The summed E-state index contributed by atoms with van der Waals surface area (Å²) in [5.74, 6) is -0.993. The molecule has 1 aromatic heterocycles. The Morgan fingerprint density at radius 2 is 1.50 bits per heavy atom. The zero-order chi connectivity index (χ0) is 17.7. The molecule has 126 valence electrons. The average molecular weight is 326 g/mol. The van der Waals surface area contributed by atoms with Crippen LogP contribution in [0.25, 0.3) is 21.8 Å². The van der Waals surface area contributed by atoms with Gasteiger partial charge in [0.25, 0.3) is 0 Å². The largest absolute Gasteiger partial charge is 0.399 e. The van der Waals surface area contributed by atoms with Crippen LogP contribution in [0.3, 0.4) is 0 Å². The molecule has 0 aliphatic carbocycles. The quantitative estimate of drug-likeness (QED) is 0.637. The summed E-state index contributed by atoms with van der Waals surface area (Å²) >= 11 is 0. The van der Waals surface area contributed by atoms with Crippen molar-refractivity contribution in [3.63, 3.8) is 0 Å². The number of hydrogen-bond acceptors (Lipinski definition) is 3. The van der Waals surface area contributed by atoms with E-state index in [1.165, 1.54) is 21.8 Å². The molecule has 2 amide bonds. The van der Waals surface area contributed by atoms with Gasteiger partial charge in [0.15, 0.2) is 0 Å². The predicted molar refractivity (Wildman–Crippen MR) is 97.2 cm³/mol. The molecule has 0 unspecified atom stereocenters. The smallest absolute Gasteiger partial charge is 0.217 e. The first-order valence-corrected chi connectivity index (χ1v) is 7.77. The zero-order valence-electron chi connectivity index (χ0n) is 13.7. The highest BCUT2D eigenvalue weighted by Gasteiger charge is 2.08. The summed E-state index contributed by atoms with van der Waals surface area (Å²) in [7, 11) is 0. The Morgan fingerprint density at radius 1 is 0.917 bits per heavy atom. The fourth-order valence-corrected chi connectivity index (χ4v) is 2.66. The van der Waals surface area contributed by atoms with Gasteiger partial charge in [-0.2, -0.15) is 0 Å². The number of carbonyl (C=O) groups excluding carboxylic acids is 2. The molecule has 0 atom stereocenters. The summed E-state index contributed by atoms with van der Waals surface area (Å²) in [6, 6.07) is 14.6. The van der Waals surface area contributed by atoms with Gasteiger partial charge in [-0.25, -0.2) is 0 Å². The summed E-state index contributed by atoms with van der Waals surface area (Å²) < 4.78 is 2.32. The number of nitrogens with zero attached hydrogens (tertiary/aromatic N) is 1. The van der Waals surface area contributed by atoms with E-state index in [4.69, 9.17) is 17.2 Å². The number of hydrogen-bond donors (Lipinski definition) is 3. The highest BCUT2D eigenvalue weighted by molar-refractivity contribution is 6.08. The molecule has 0 fully saturated rings. The highest BCUT2D eigenvalue weighted by Crippen LogP contribution is 2.29.